The predicted octanol–water partition coefficient (Wildman–Crippen LogP) is 1.85. The number of rotatable bonds is 6. The van der Waals surface area contributed by atoms with Crippen molar-refractivity contribution in [3.63, 3.8) is 0 Å². The number of nitrogens with zero attached hydrogens (tertiary/aromatic N) is 2. The van der Waals surface area contributed by atoms with Gasteiger partial charge in [0.05, 0.1) is 13.2 Å². The van der Waals surface area contributed by atoms with E-state index in [2.05, 4.69) is 10.3 Å². The van der Waals surface area contributed by atoms with E-state index in [1.165, 1.54) is 0 Å². The Morgan fingerprint density at radius 1 is 1.31 bits per heavy atom. The minimum Gasteiger partial charge on any atom is -0.497 e. The molecule has 2 atom stereocenters. The Morgan fingerprint density at radius 2 is 2.00 bits per heavy atom. The molecule has 9 nitrogen and oxygen atoms in total. The molecule has 2 aliphatic rings. The number of hydrogen-bond acceptors (Lipinski definition) is 6. The van der Waals surface area contributed by atoms with E-state index in [1.54, 1.807) is 13.3 Å². The van der Waals surface area contributed by atoms with Crippen molar-refractivity contribution in [2.45, 2.75) is 44.5 Å². The lowest BCUT2D eigenvalue weighted by Gasteiger charge is -2.40. The Morgan fingerprint density at radius 3 is 2.59 bits per heavy atom. The van der Waals surface area contributed by atoms with Gasteiger partial charge in [0.15, 0.2) is 6.10 Å². The molecule has 2 N–H and O–H groups in total. The minimum absolute atomic E-state index is 0.0675. The molecule has 2 heterocycles. The summed E-state index contributed by atoms with van der Waals surface area (Å²) < 4.78 is 11.0. The third-order valence-electron chi connectivity index (χ3n) is 5.34. The maximum Gasteiger partial charge on any atom is 0.290 e. The number of amides is 2. The fraction of sp³-hybridized carbons (Fsp3) is 0.391. The number of aryl methyl sites for hydroxylation is 1. The minimum atomic E-state index is -0.760. The van der Waals surface area contributed by atoms with E-state index < -0.39 is 12.1 Å². The first-order chi connectivity index (χ1) is 15.5. The topological polar surface area (TPSA) is 118 Å². The highest BCUT2D eigenvalue weighted by Crippen LogP contribution is 2.39. The van der Waals surface area contributed by atoms with Crippen LogP contribution in [0, 0.1) is 6.92 Å². The number of pyridine rings is 1. The van der Waals surface area contributed by atoms with Gasteiger partial charge in [0.1, 0.15) is 12.4 Å². The van der Waals surface area contributed by atoms with Gasteiger partial charge in [0.2, 0.25) is 5.91 Å². The van der Waals surface area contributed by atoms with Crippen LogP contribution in [-0.4, -0.2) is 59.1 Å². The molecule has 0 bridgehead atoms. The van der Waals surface area contributed by atoms with Gasteiger partial charge in [0.25, 0.3) is 12.4 Å². The van der Waals surface area contributed by atoms with Gasteiger partial charge >= 0.3 is 0 Å². The molecule has 0 radical (unpaired) electrons. The van der Waals surface area contributed by atoms with Gasteiger partial charge in [-0.05, 0) is 55.2 Å². The summed E-state index contributed by atoms with van der Waals surface area (Å²) in [5.74, 6) is 0.435. The van der Waals surface area contributed by atoms with Crippen LogP contribution in [0.4, 0.5) is 0 Å². The highest BCUT2D eigenvalue weighted by atomic mass is 16.5. The Balaban J connectivity index is 0.000000913. The number of hydrogen-bond donors (Lipinski definition) is 2. The molecule has 2 aromatic rings. The molecule has 0 spiro atoms. The molecule has 2 fully saturated rings. The molecular formula is C23H27N3O6. The zero-order valence-corrected chi connectivity index (χ0v) is 18.1. The average Bonchev–Trinajstić information content (AvgIpc) is 3.63. The van der Waals surface area contributed by atoms with Crippen molar-refractivity contribution < 1.29 is 29.0 Å². The number of methoxy groups -OCH3 is 1. The van der Waals surface area contributed by atoms with Crippen LogP contribution >= 0.6 is 0 Å². The summed E-state index contributed by atoms with van der Waals surface area (Å²) in [5, 5.41) is 9.85. The molecule has 1 aliphatic heterocycles. The number of aromatic nitrogens is 1. The van der Waals surface area contributed by atoms with Crippen LogP contribution in [0.1, 0.15) is 35.7 Å². The monoisotopic (exact) mass is 441 g/mol. The lowest BCUT2D eigenvalue weighted by Crippen LogP contribution is -2.55. The summed E-state index contributed by atoms with van der Waals surface area (Å²) in [7, 11) is 1.61. The smallest absolute Gasteiger partial charge is 0.290 e. The van der Waals surface area contributed by atoms with E-state index in [-0.39, 0.29) is 30.9 Å². The van der Waals surface area contributed by atoms with Crippen LogP contribution in [0.15, 0.2) is 42.6 Å². The normalized spacial score (nSPS) is 20.1. The van der Waals surface area contributed by atoms with E-state index in [4.69, 9.17) is 19.4 Å². The second-order valence-electron chi connectivity index (χ2n) is 7.61. The molecule has 1 aromatic heterocycles. The van der Waals surface area contributed by atoms with Crippen molar-refractivity contribution in [2.24, 2.45) is 0 Å². The van der Waals surface area contributed by atoms with Gasteiger partial charge < -0.3 is 24.8 Å². The Labute approximate surface area is 186 Å². The number of carbonyl (C=O) groups is 3. The van der Waals surface area contributed by atoms with Gasteiger partial charge in [0, 0.05) is 24.5 Å². The fourth-order valence-corrected chi connectivity index (χ4v) is 3.77. The first-order valence-corrected chi connectivity index (χ1v) is 10.3. The number of morpholine rings is 1. The largest absolute Gasteiger partial charge is 0.497 e. The number of carboxylic acid groups (broad SMARTS) is 1. The number of nitrogens with one attached hydrogen (secondary N) is 1. The molecule has 170 valence electrons. The van der Waals surface area contributed by atoms with E-state index >= 15 is 0 Å². The molecule has 1 aliphatic carbocycles. The summed E-state index contributed by atoms with van der Waals surface area (Å²) in [6.07, 6.45) is 2.89. The van der Waals surface area contributed by atoms with Gasteiger partial charge in [-0.25, -0.2) is 0 Å². The van der Waals surface area contributed by atoms with Crippen LogP contribution < -0.4 is 10.1 Å². The van der Waals surface area contributed by atoms with E-state index in [0.717, 1.165) is 35.4 Å². The average molecular weight is 441 g/mol. The molecule has 2 amide bonds. The van der Waals surface area contributed by atoms with Gasteiger partial charge in [-0.2, -0.15) is 0 Å². The van der Waals surface area contributed by atoms with Crippen LogP contribution in [-0.2, 0) is 25.7 Å². The SMILES string of the molecule is COc1ccc([C@@H]2[C@@H](C(=O)NCc3ccnc(C)c3)OCC(=O)N2C2CC2)cc1.O=CO. The van der Waals surface area contributed by atoms with Crippen LogP contribution in [0.3, 0.4) is 0 Å². The van der Waals surface area contributed by atoms with E-state index in [1.807, 2.05) is 48.2 Å². The lowest BCUT2D eigenvalue weighted by molar-refractivity contribution is -0.165. The maximum absolute atomic E-state index is 13.0. The van der Waals surface area contributed by atoms with Crippen molar-refractivity contribution in [3.05, 3.63) is 59.4 Å². The number of carbonyl (C=O) groups excluding carboxylic acids is 2. The highest BCUT2D eigenvalue weighted by molar-refractivity contribution is 5.86. The van der Waals surface area contributed by atoms with Crippen molar-refractivity contribution in [2.75, 3.05) is 13.7 Å². The molecule has 1 saturated heterocycles. The number of benzene rings is 1. The third kappa shape index (κ3) is 5.61. The van der Waals surface area contributed by atoms with E-state index in [9.17, 15) is 9.59 Å². The summed E-state index contributed by atoms with van der Waals surface area (Å²) >= 11 is 0. The lowest BCUT2D eigenvalue weighted by atomic mass is 9.96. The highest BCUT2D eigenvalue weighted by Gasteiger charge is 2.47. The third-order valence-corrected chi connectivity index (χ3v) is 5.34. The van der Waals surface area contributed by atoms with Crippen molar-refractivity contribution >= 4 is 18.3 Å². The predicted molar refractivity (Wildman–Crippen MR) is 115 cm³/mol. The zero-order chi connectivity index (χ0) is 23.1. The molecule has 1 saturated carbocycles. The summed E-state index contributed by atoms with van der Waals surface area (Å²) in [5.41, 5.74) is 2.73. The quantitative estimate of drug-likeness (QED) is 0.657. The Bertz CT molecular complexity index is 945. The molecular weight excluding hydrogens is 414 g/mol. The van der Waals surface area contributed by atoms with E-state index in [0.29, 0.717) is 6.54 Å². The van der Waals surface area contributed by atoms with Crippen LogP contribution in [0.2, 0.25) is 0 Å². The Kier molecular flexibility index (Phi) is 7.77. The van der Waals surface area contributed by atoms with Crippen molar-refractivity contribution in [3.8, 4) is 5.75 Å². The van der Waals surface area contributed by atoms with Crippen molar-refractivity contribution in [1.29, 1.82) is 0 Å². The number of ether oxygens (including phenoxy) is 2. The Hall–Kier alpha value is -3.46. The second kappa shape index (κ2) is 10.7. The first-order valence-electron chi connectivity index (χ1n) is 10.3. The van der Waals surface area contributed by atoms with Gasteiger partial charge in [-0.3, -0.25) is 19.4 Å². The zero-order valence-electron chi connectivity index (χ0n) is 18.1. The maximum atomic E-state index is 13.0. The summed E-state index contributed by atoms with van der Waals surface area (Å²) in [6.45, 7) is 1.97. The van der Waals surface area contributed by atoms with Crippen LogP contribution in [0.25, 0.3) is 0 Å². The molecule has 32 heavy (non-hydrogen) atoms. The summed E-state index contributed by atoms with van der Waals surface area (Å²) in [4.78, 5) is 40.0. The second-order valence-corrected chi connectivity index (χ2v) is 7.61. The fourth-order valence-electron chi connectivity index (χ4n) is 3.77. The molecule has 0 unspecified atom stereocenters. The summed E-state index contributed by atoms with van der Waals surface area (Å²) in [6, 6.07) is 11.0. The molecule has 4 rings (SSSR count). The van der Waals surface area contributed by atoms with Crippen molar-refractivity contribution in [1.82, 2.24) is 15.2 Å². The van der Waals surface area contributed by atoms with Gasteiger partial charge in [-0.1, -0.05) is 12.1 Å². The standard InChI is InChI=1S/C22H25N3O4.CH2O2/c1-14-11-15(9-10-23-14)12-24-22(27)21-20(16-3-7-18(28-2)8-4-16)25(17-5-6-17)19(26)13-29-21;2-1-3/h3-4,7-11,17,20-21H,5-6,12-13H2,1-2H3,(H,24,27);1H,(H,2,3)/t20-,21+;/m1./s1. The first kappa shape index (κ1) is 23.2. The molecule has 1 aromatic carbocycles. The molecule has 9 heteroatoms. The van der Waals surface area contributed by atoms with Crippen LogP contribution in [0.5, 0.6) is 5.75 Å². The van der Waals surface area contributed by atoms with Gasteiger partial charge in [-0.15, -0.1) is 0 Å².